The minimum atomic E-state index is 0.0163. The van der Waals surface area contributed by atoms with Crippen molar-refractivity contribution in [2.24, 2.45) is 7.05 Å². The number of halogens is 1. The largest absolute Gasteiger partial charge is 0.495 e. The number of methoxy groups -OCH3 is 1. The lowest BCUT2D eigenvalue weighted by Gasteiger charge is -2.19. The summed E-state index contributed by atoms with van der Waals surface area (Å²) in [4.78, 5) is 19.5. The fraction of sp³-hybridized carbons (Fsp3) is 0.333. The molecule has 2 aromatic carbocycles. The van der Waals surface area contributed by atoms with Crippen LogP contribution < -0.4 is 10.1 Å². The fourth-order valence-electron chi connectivity index (χ4n) is 3.38. The van der Waals surface area contributed by atoms with Gasteiger partial charge in [-0.1, -0.05) is 22.0 Å². The molecule has 28 heavy (non-hydrogen) atoms. The van der Waals surface area contributed by atoms with Crippen molar-refractivity contribution in [2.75, 3.05) is 25.5 Å². The topological polar surface area (TPSA) is 59.4 Å². The number of carbonyl (C=O) groups excluding carboxylic acids is 1. The number of para-hydroxylation sites is 1. The van der Waals surface area contributed by atoms with Gasteiger partial charge in [0.25, 0.3) is 5.91 Å². The lowest BCUT2D eigenvalue weighted by Crippen LogP contribution is -2.30. The van der Waals surface area contributed by atoms with Gasteiger partial charge < -0.3 is 19.5 Å². The van der Waals surface area contributed by atoms with E-state index >= 15 is 0 Å². The summed E-state index contributed by atoms with van der Waals surface area (Å²) >= 11 is 3.50. The smallest absolute Gasteiger partial charge is 0.256 e. The summed E-state index contributed by atoms with van der Waals surface area (Å²) < 4.78 is 8.40. The standard InChI is InChI=1S/C21H25BrN4O2/c1-6-26(7-2)20(27)15-9-8-10-16-19(15)25(4)21(23-16)24-18-13(3)11-14(22)12-17(18)28-5/h8-12H,6-7H2,1-5H3,(H,23,24). The normalized spacial score (nSPS) is 10.9. The van der Waals surface area contributed by atoms with E-state index in [-0.39, 0.29) is 5.91 Å². The van der Waals surface area contributed by atoms with Gasteiger partial charge in [0.2, 0.25) is 5.95 Å². The number of hydrogen-bond acceptors (Lipinski definition) is 4. The maximum Gasteiger partial charge on any atom is 0.256 e. The van der Waals surface area contributed by atoms with E-state index < -0.39 is 0 Å². The predicted octanol–water partition coefficient (Wildman–Crippen LogP) is 4.88. The highest BCUT2D eigenvalue weighted by molar-refractivity contribution is 9.10. The third-order valence-electron chi connectivity index (χ3n) is 4.90. The van der Waals surface area contributed by atoms with Gasteiger partial charge in [0.15, 0.2) is 0 Å². The molecule has 0 saturated heterocycles. The van der Waals surface area contributed by atoms with Crippen LogP contribution in [-0.2, 0) is 7.05 Å². The summed E-state index contributed by atoms with van der Waals surface area (Å²) in [6.45, 7) is 7.32. The molecule has 7 heteroatoms. The highest BCUT2D eigenvalue weighted by atomic mass is 79.9. The quantitative estimate of drug-likeness (QED) is 0.588. The second kappa shape index (κ2) is 8.22. The van der Waals surface area contributed by atoms with Gasteiger partial charge >= 0.3 is 0 Å². The van der Waals surface area contributed by atoms with Crippen molar-refractivity contribution in [3.8, 4) is 5.75 Å². The molecular formula is C21H25BrN4O2. The van der Waals surface area contributed by atoms with E-state index in [1.165, 1.54) is 0 Å². The van der Waals surface area contributed by atoms with Crippen LogP contribution in [0.5, 0.6) is 5.75 Å². The Hall–Kier alpha value is -2.54. The Morgan fingerprint density at radius 2 is 2.00 bits per heavy atom. The van der Waals surface area contributed by atoms with E-state index in [0.717, 1.165) is 32.5 Å². The number of amides is 1. The van der Waals surface area contributed by atoms with E-state index in [9.17, 15) is 4.79 Å². The van der Waals surface area contributed by atoms with Crippen LogP contribution in [0.25, 0.3) is 11.0 Å². The zero-order valence-corrected chi connectivity index (χ0v) is 18.4. The molecule has 0 aliphatic rings. The zero-order valence-electron chi connectivity index (χ0n) is 16.8. The molecule has 1 amide bonds. The monoisotopic (exact) mass is 444 g/mol. The Balaban J connectivity index is 2.10. The van der Waals surface area contributed by atoms with E-state index in [4.69, 9.17) is 9.72 Å². The number of carbonyl (C=O) groups is 1. The van der Waals surface area contributed by atoms with Crippen molar-refractivity contribution in [1.29, 1.82) is 0 Å². The SMILES string of the molecule is CCN(CC)C(=O)c1cccc2nc(Nc3c(C)cc(Br)cc3OC)n(C)c12. The van der Waals surface area contributed by atoms with Gasteiger partial charge in [-0.3, -0.25) is 4.79 Å². The van der Waals surface area contributed by atoms with Crippen LogP contribution in [0.4, 0.5) is 11.6 Å². The summed E-state index contributed by atoms with van der Waals surface area (Å²) in [5.41, 5.74) is 4.12. The highest BCUT2D eigenvalue weighted by Gasteiger charge is 2.20. The van der Waals surface area contributed by atoms with E-state index in [2.05, 4.69) is 21.2 Å². The summed E-state index contributed by atoms with van der Waals surface area (Å²) in [5, 5.41) is 3.38. The van der Waals surface area contributed by atoms with Crippen LogP contribution in [0.15, 0.2) is 34.8 Å². The van der Waals surface area contributed by atoms with Crippen LogP contribution in [0, 0.1) is 6.92 Å². The maximum absolute atomic E-state index is 13.0. The third kappa shape index (κ3) is 3.58. The Morgan fingerprint density at radius 3 is 2.64 bits per heavy atom. The fourth-order valence-corrected chi connectivity index (χ4v) is 3.93. The van der Waals surface area contributed by atoms with E-state index in [1.807, 2.05) is 67.6 Å². The van der Waals surface area contributed by atoms with E-state index in [0.29, 0.717) is 24.6 Å². The number of aromatic nitrogens is 2. The molecule has 148 valence electrons. The van der Waals surface area contributed by atoms with Crippen LogP contribution in [-0.4, -0.2) is 40.6 Å². The highest BCUT2D eigenvalue weighted by Crippen LogP contribution is 2.35. The van der Waals surface area contributed by atoms with Gasteiger partial charge in [-0.25, -0.2) is 4.98 Å². The van der Waals surface area contributed by atoms with Gasteiger partial charge in [-0.05, 0) is 50.6 Å². The predicted molar refractivity (Wildman–Crippen MR) is 117 cm³/mol. The van der Waals surface area contributed by atoms with Crippen LogP contribution in [0.2, 0.25) is 0 Å². The number of fused-ring (bicyclic) bond motifs is 1. The van der Waals surface area contributed by atoms with E-state index in [1.54, 1.807) is 7.11 Å². The number of nitrogens with one attached hydrogen (secondary N) is 1. The van der Waals surface area contributed by atoms with Crippen LogP contribution in [0.1, 0.15) is 29.8 Å². The Bertz CT molecular complexity index is 1020. The van der Waals surface area contributed by atoms with Crippen molar-refractivity contribution in [1.82, 2.24) is 14.5 Å². The second-order valence-electron chi connectivity index (χ2n) is 6.57. The van der Waals surface area contributed by atoms with Gasteiger partial charge in [0, 0.05) is 24.6 Å². The number of aryl methyl sites for hydroxylation is 2. The first-order valence-electron chi connectivity index (χ1n) is 9.27. The molecule has 0 spiro atoms. The molecule has 0 saturated carbocycles. The molecule has 0 aliphatic heterocycles. The molecule has 0 unspecified atom stereocenters. The molecule has 3 aromatic rings. The summed E-state index contributed by atoms with van der Waals surface area (Å²) in [6, 6.07) is 9.59. The van der Waals surface area contributed by atoms with Gasteiger partial charge in [-0.15, -0.1) is 0 Å². The first kappa shape index (κ1) is 20.2. The summed E-state index contributed by atoms with van der Waals surface area (Å²) in [5.74, 6) is 1.39. The summed E-state index contributed by atoms with van der Waals surface area (Å²) in [6.07, 6.45) is 0. The molecule has 0 radical (unpaired) electrons. The molecule has 6 nitrogen and oxygen atoms in total. The van der Waals surface area contributed by atoms with Crippen LogP contribution >= 0.6 is 15.9 Å². The number of rotatable bonds is 6. The molecule has 3 rings (SSSR count). The second-order valence-corrected chi connectivity index (χ2v) is 7.49. The summed E-state index contributed by atoms with van der Waals surface area (Å²) in [7, 11) is 3.56. The van der Waals surface area contributed by atoms with Gasteiger partial charge in [0.05, 0.1) is 29.4 Å². The van der Waals surface area contributed by atoms with Crippen molar-refractivity contribution in [3.63, 3.8) is 0 Å². The molecule has 1 heterocycles. The molecule has 1 N–H and O–H groups in total. The Kier molecular flexibility index (Phi) is 5.93. The maximum atomic E-state index is 13.0. The van der Waals surface area contributed by atoms with Gasteiger partial charge in [0.1, 0.15) is 5.75 Å². The minimum absolute atomic E-state index is 0.0163. The first-order chi connectivity index (χ1) is 13.4. The molecule has 0 atom stereocenters. The Labute approximate surface area is 173 Å². The molecule has 1 aromatic heterocycles. The molecular weight excluding hydrogens is 420 g/mol. The first-order valence-corrected chi connectivity index (χ1v) is 10.1. The average Bonchev–Trinajstić information content (AvgIpc) is 3.00. The lowest BCUT2D eigenvalue weighted by atomic mass is 10.1. The lowest BCUT2D eigenvalue weighted by molar-refractivity contribution is 0.0774. The minimum Gasteiger partial charge on any atom is -0.495 e. The van der Waals surface area contributed by atoms with Gasteiger partial charge in [-0.2, -0.15) is 0 Å². The van der Waals surface area contributed by atoms with Crippen molar-refractivity contribution in [3.05, 3.63) is 45.9 Å². The number of imidazole rings is 1. The molecule has 0 bridgehead atoms. The van der Waals surface area contributed by atoms with Crippen molar-refractivity contribution < 1.29 is 9.53 Å². The molecule has 0 aliphatic carbocycles. The number of benzene rings is 2. The van der Waals surface area contributed by atoms with Crippen LogP contribution in [0.3, 0.4) is 0 Å². The number of ether oxygens (including phenoxy) is 1. The average molecular weight is 445 g/mol. The number of hydrogen-bond donors (Lipinski definition) is 1. The molecule has 0 fully saturated rings. The van der Waals surface area contributed by atoms with Crippen molar-refractivity contribution >= 4 is 44.5 Å². The Morgan fingerprint density at radius 1 is 1.29 bits per heavy atom. The third-order valence-corrected chi connectivity index (χ3v) is 5.35. The van der Waals surface area contributed by atoms with Crippen molar-refractivity contribution in [2.45, 2.75) is 20.8 Å². The number of nitrogens with zero attached hydrogens (tertiary/aromatic N) is 3. The zero-order chi connectivity index (χ0) is 20.4. The number of anilines is 2.